The molecule has 0 saturated heterocycles. The quantitative estimate of drug-likeness (QED) is 0.574. The van der Waals surface area contributed by atoms with E-state index >= 15 is 0 Å². The summed E-state index contributed by atoms with van der Waals surface area (Å²) in [6.45, 7) is 0. The largest absolute Gasteiger partial charge is 0.376 e. The zero-order chi connectivity index (χ0) is 18.7. The third kappa shape index (κ3) is 2.29. The molecule has 0 radical (unpaired) electrons. The first-order valence-corrected chi connectivity index (χ1v) is 11.1. The highest BCUT2D eigenvalue weighted by Gasteiger charge is 2.38. The van der Waals surface area contributed by atoms with Crippen molar-refractivity contribution >= 4 is 5.57 Å². The molecule has 142 valence electrons. The van der Waals surface area contributed by atoms with E-state index in [9.17, 15) is 0 Å². The predicted octanol–water partition coefficient (Wildman–Crippen LogP) is 6.20. The molecule has 0 fully saturated rings. The average molecular weight is 369 g/mol. The molecule has 1 aromatic carbocycles. The number of aryl methyl sites for hydroxylation is 1. The van der Waals surface area contributed by atoms with Gasteiger partial charge in [0.15, 0.2) is 0 Å². The number of fused-ring (bicyclic) bond motifs is 4. The second kappa shape index (κ2) is 6.46. The van der Waals surface area contributed by atoms with Gasteiger partial charge in [-0.25, -0.2) is 0 Å². The van der Waals surface area contributed by atoms with Gasteiger partial charge in [-0.2, -0.15) is 0 Å². The van der Waals surface area contributed by atoms with Crippen LogP contribution < -0.4 is 0 Å². The van der Waals surface area contributed by atoms with E-state index < -0.39 is 0 Å². The van der Waals surface area contributed by atoms with Crippen molar-refractivity contribution in [3.05, 3.63) is 86.6 Å². The van der Waals surface area contributed by atoms with Gasteiger partial charge in [0.1, 0.15) is 0 Å². The smallest absolute Gasteiger partial charge is 0.0873 e. The van der Waals surface area contributed by atoms with Gasteiger partial charge in [0.2, 0.25) is 0 Å². The summed E-state index contributed by atoms with van der Waals surface area (Å²) in [5.41, 5.74) is 15.6. The molecule has 6 rings (SSSR count). The first-order valence-electron chi connectivity index (χ1n) is 11.1. The fourth-order valence-corrected chi connectivity index (χ4v) is 6.19. The number of allylic oxidation sites excluding steroid dienone is 9. The van der Waals surface area contributed by atoms with Gasteiger partial charge in [-0.15, -0.1) is 0 Å². The molecule has 0 unspecified atom stereocenters. The molecule has 0 amide bonds. The van der Waals surface area contributed by atoms with Crippen LogP contribution in [0.4, 0.5) is 0 Å². The Labute approximate surface area is 168 Å². The van der Waals surface area contributed by atoms with Gasteiger partial charge in [0, 0.05) is 13.5 Å². The third-order valence-electron chi connectivity index (χ3n) is 7.40. The van der Waals surface area contributed by atoms with Crippen molar-refractivity contribution in [2.45, 2.75) is 63.9 Å². The molecule has 28 heavy (non-hydrogen) atoms. The molecule has 0 spiro atoms. The van der Waals surface area contributed by atoms with E-state index in [1.165, 1.54) is 60.8 Å². The Morgan fingerprint density at radius 1 is 0.821 bits per heavy atom. The fraction of sp³-hybridized carbons (Fsp3) is 0.407. The van der Waals surface area contributed by atoms with Crippen molar-refractivity contribution in [2.75, 3.05) is 7.11 Å². The SMILES string of the molecule is CO[C@H]1Cc2ccc3c(c2C1=C1C2=C(C=CCC2)C2=C1CCC=C2)CCCC3. The van der Waals surface area contributed by atoms with Crippen molar-refractivity contribution < 1.29 is 4.74 Å². The van der Waals surface area contributed by atoms with E-state index in [0.717, 1.165) is 19.3 Å². The van der Waals surface area contributed by atoms with Gasteiger partial charge in [-0.3, -0.25) is 0 Å². The molecule has 5 aliphatic rings. The monoisotopic (exact) mass is 368 g/mol. The zero-order valence-corrected chi connectivity index (χ0v) is 16.8. The van der Waals surface area contributed by atoms with Crippen LogP contribution in [0.25, 0.3) is 5.57 Å². The molecule has 1 atom stereocenters. The molecule has 1 aromatic rings. The van der Waals surface area contributed by atoms with E-state index in [2.05, 4.69) is 36.4 Å². The van der Waals surface area contributed by atoms with Crippen molar-refractivity contribution in [3.63, 3.8) is 0 Å². The average Bonchev–Trinajstić information content (AvgIpc) is 3.29. The van der Waals surface area contributed by atoms with Crippen LogP contribution in [0, 0.1) is 0 Å². The van der Waals surface area contributed by atoms with Gasteiger partial charge < -0.3 is 4.74 Å². The summed E-state index contributed by atoms with van der Waals surface area (Å²) in [6, 6.07) is 4.81. The standard InChI is InChI=1S/C27H28O/c1-28-24-16-18-15-14-17-8-2-3-9-19(17)25(18)27(24)26-22-12-6-4-10-20(22)21-11-5-7-13-23(21)26/h4-5,10-11,14-15,24H,2-3,6-9,12-13,16H2,1H3/t24-/m0/s1. The Morgan fingerprint density at radius 3 is 2.21 bits per heavy atom. The second-order valence-electron chi connectivity index (χ2n) is 8.83. The van der Waals surface area contributed by atoms with Crippen molar-refractivity contribution in [1.29, 1.82) is 0 Å². The summed E-state index contributed by atoms with van der Waals surface area (Å²) in [4.78, 5) is 0. The van der Waals surface area contributed by atoms with Crippen molar-refractivity contribution in [3.8, 4) is 0 Å². The van der Waals surface area contributed by atoms with Crippen LogP contribution >= 0.6 is 0 Å². The molecule has 0 aliphatic heterocycles. The van der Waals surface area contributed by atoms with Crippen LogP contribution in [0.3, 0.4) is 0 Å². The number of benzene rings is 1. The summed E-state index contributed by atoms with van der Waals surface area (Å²) >= 11 is 0. The molecule has 0 N–H and O–H groups in total. The number of hydrogen-bond acceptors (Lipinski definition) is 1. The Morgan fingerprint density at radius 2 is 1.50 bits per heavy atom. The molecule has 0 aromatic heterocycles. The highest BCUT2D eigenvalue weighted by atomic mass is 16.5. The minimum Gasteiger partial charge on any atom is -0.376 e. The van der Waals surface area contributed by atoms with E-state index in [1.807, 2.05) is 7.11 Å². The van der Waals surface area contributed by atoms with Crippen LogP contribution in [0.5, 0.6) is 0 Å². The van der Waals surface area contributed by atoms with Crippen molar-refractivity contribution in [1.82, 2.24) is 0 Å². The maximum Gasteiger partial charge on any atom is 0.0873 e. The highest BCUT2D eigenvalue weighted by molar-refractivity contribution is 5.90. The summed E-state index contributed by atoms with van der Waals surface area (Å²) in [7, 11) is 1.91. The molecular formula is C27H28O. The normalized spacial score (nSPS) is 25.2. The number of methoxy groups -OCH3 is 1. The minimum atomic E-state index is 0.204. The summed E-state index contributed by atoms with van der Waals surface area (Å²) < 4.78 is 6.13. The van der Waals surface area contributed by atoms with Crippen LogP contribution in [0.1, 0.15) is 60.8 Å². The Hall–Kier alpha value is -2.12. The molecule has 5 aliphatic carbocycles. The number of ether oxygens (including phenoxy) is 1. The van der Waals surface area contributed by atoms with Gasteiger partial charge >= 0.3 is 0 Å². The van der Waals surface area contributed by atoms with E-state index in [0.29, 0.717) is 0 Å². The molecule has 0 saturated carbocycles. The third-order valence-corrected chi connectivity index (χ3v) is 7.40. The minimum absolute atomic E-state index is 0.204. The van der Waals surface area contributed by atoms with Crippen LogP contribution in [-0.2, 0) is 24.0 Å². The Kier molecular flexibility index (Phi) is 3.87. The maximum atomic E-state index is 6.13. The Balaban J connectivity index is 1.66. The summed E-state index contributed by atoms with van der Waals surface area (Å²) in [5, 5.41) is 0. The lowest BCUT2D eigenvalue weighted by atomic mass is 9.81. The van der Waals surface area contributed by atoms with Crippen LogP contribution in [-0.4, -0.2) is 13.2 Å². The summed E-state index contributed by atoms with van der Waals surface area (Å²) in [5.74, 6) is 0. The molecule has 1 heteroatoms. The Bertz CT molecular complexity index is 985. The van der Waals surface area contributed by atoms with Crippen LogP contribution in [0.15, 0.2) is 64.3 Å². The maximum absolute atomic E-state index is 6.13. The fourth-order valence-electron chi connectivity index (χ4n) is 6.19. The lowest BCUT2D eigenvalue weighted by Crippen LogP contribution is -2.13. The predicted molar refractivity (Wildman–Crippen MR) is 115 cm³/mol. The van der Waals surface area contributed by atoms with Gasteiger partial charge in [-0.1, -0.05) is 36.4 Å². The molecule has 0 heterocycles. The van der Waals surface area contributed by atoms with E-state index in [-0.39, 0.29) is 6.10 Å². The van der Waals surface area contributed by atoms with Crippen molar-refractivity contribution in [2.24, 2.45) is 0 Å². The first kappa shape index (κ1) is 16.8. The van der Waals surface area contributed by atoms with Gasteiger partial charge in [0.05, 0.1) is 6.10 Å². The van der Waals surface area contributed by atoms with Crippen LogP contribution in [0.2, 0.25) is 0 Å². The molecule has 0 bridgehead atoms. The molecule has 1 nitrogen and oxygen atoms in total. The highest BCUT2D eigenvalue weighted by Crippen LogP contribution is 2.52. The zero-order valence-electron chi connectivity index (χ0n) is 16.8. The topological polar surface area (TPSA) is 9.23 Å². The first-order chi connectivity index (χ1) is 13.9. The summed E-state index contributed by atoms with van der Waals surface area (Å²) in [6.07, 6.45) is 20.6. The lowest BCUT2D eigenvalue weighted by Gasteiger charge is -2.24. The number of rotatable bonds is 1. The molecular weight excluding hydrogens is 340 g/mol. The lowest BCUT2D eigenvalue weighted by molar-refractivity contribution is 0.153. The second-order valence-corrected chi connectivity index (χ2v) is 8.83. The van der Waals surface area contributed by atoms with Gasteiger partial charge in [-0.05, 0) is 107 Å². The van der Waals surface area contributed by atoms with E-state index in [4.69, 9.17) is 4.74 Å². The van der Waals surface area contributed by atoms with E-state index in [1.54, 1.807) is 33.4 Å². The number of hydrogen-bond donors (Lipinski definition) is 0. The van der Waals surface area contributed by atoms with Gasteiger partial charge in [0.25, 0.3) is 0 Å².